The summed E-state index contributed by atoms with van der Waals surface area (Å²) >= 11 is 0. The molecule has 0 spiro atoms. The molecule has 2 heterocycles. The third-order valence-corrected chi connectivity index (χ3v) is 3.57. The first-order valence-electron chi connectivity index (χ1n) is 7.13. The van der Waals surface area contributed by atoms with Gasteiger partial charge in [-0.15, -0.1) is 0 Å². The standard InChI is InChI=1S/C15H25N3/c1-13(12-18-8-4-3-5-9-18)11-17-15-6-7-16-14(2)10-15/h6-7,10,13H,3-5,8-9,11-12H2,1-2H3,(H,16,17). The molecule has 3 nitrogen and oxygen atoms in total. The minimum absolute atomic E-state index is 0.691. The smallest absolute Gasteiger partial charge is 0.0393 e. The molecule has 2 rings (SSSR count). The van der Waals surface area contributed by atoms with Crippen LogP contribution in [0.3, 0.4) is 0 Å². The molecule has 0 aromatic carbocycles. The van der Waals surface area contributed by atoms with Gasteiger partial charge in [-0.3, -0.25) is 4.98 Å². The Bertz CT molecular complexity index is 359. The molecule has 0 radical (unpaired) electrons. The molecule has 0 bridgehead atoms. The van der Waals surface area contributed by atoms with Crippen molar-refractivity contribution in [3.63, 3.8) is 0 Å². The fraction of sp³-hybridized carbons (Fsp3) is 0.667. The molecule has 0 saturated carbocycles. The zero-order valence-electron chi connectivity index (χ0n) is 11.7. The van der Waals surface area contributed by atoms with Crippen molar-refractivity contribution in [3.8, 4) is 0 Å². The van der Waals surface area contributed by atoms with Gasteiger partial charge in [-0.1, -0.05) is 13.3 Å². The molecule has 1 unspecified atom stereocenters. The highest BCUT2D eigenvalue weighted by atomic mass is 15.1. The molecule has 100 valence electrons. The lowest BCUT2D eigenvalue weighted by Crippen LogP contribution is -2.35. The number of likely N-dealkylation sites (tertiary alicyclic amines) is 1. The molecule has 1 aromatic rings. The van der Waals surface area contributed by atoms with E-state index < -0.39 is 0 Å². The Morgan fingerprint density at radius 3 is 2.83 bits per heavy atom. The first-order chi connectivity index (χ1) is 8.74. The third kappa shape index (κ3) is 4.30. The fourth-order valence-corrected chi connectivity index (χ4v) is 2.59. The van der Waals surface area contributed by atoms with E-state index in [4.69, 9.17) is 0 Å². The monoisotopic (exact) mass is 247 g/mol. The van der Waals surface area contributed by atoms with Gasteiger partial charge in [0.2, 0.25) is 0 Å². The van der Waals surface area contributed by atoms with E-state index in [2.05, 4.69) is 28.2 Å². The van der Waals surface area contributed by atoms with Crippen LogP contribution in [-0.4, -0.2) is 36.1 Å². The van der Waals surface area contributed by atoms with Crippen LogP contribution in [0.15, 0.2) is 18.3 Å². The Hall–Kier alpha value is -1.09. The number of nitrogens with zero attached hydrogens (tertiary/aromatic N) is 2. The van der Waals surface area contributed by atoms with Crippen molar-refractivity contribution in [2.75, 3.05) is 31.5 Å². The first kappa shape index (κ1) is 13.3. The van der Waals surface area contributed by atoms with Crippen LogP contribution < -0.4 is 5.32 Å². The molecule has 1 N–H and O–H groups in total. The highest BCUT2D eigenvalue weighted by molar-refractivity contribution is 5.42. The zero-order chi connectivity index (χ0) is 12.8. The number of nitrogens with one attached hydrogen (secondary N) is 1. The summed E-state index contributed by atoms with van der Waals surface area (Å²) in [6, 6.07) is 4.15. The van der Waals surface area contributed by atoms with Crippen molar-refractivity contribution in [2.45, 2.75) is 33.1 Å². The maximum absolute atomic E-state index is 4.21. The lowest BCUT2D eigenvalue weighted by molar-refractivity contribution is 0.204. The Labute approximate surface area is 111 Å². The largest absolute Gasteiger partial charge is 0.385 e. The van der Waals surface area contributed by atoms with E-state index in [9.17, 15) is 0 Å². The number of rotatable bonds is 5. The van der Waals surface area contributed by atoms with E-state index in [0.29, 0.717) is 5.92 Å². The topological polar surface area (TPSA) is 28.2 Å². The van der Waals surface area contributed by atoms with Crippen molar-refractivity contribution >= 4 is 5.69 Å². The molecule has 3 heteroatoms. The number of anilines is 1. The summed E-state index contributed by atoms with van der Waals surface area (Å²) in [5.74, 6) is 0.691. The van der Waals surface area contributed by atoms with E-state index in [0.717, 1.165) is 12.2 Å². The number of aromatic nitrogens is 1. The molecule has 0 amide bonds. The van der Waals surface area contributed by atoms with Crippen LogP contribution in [0.4, 0.5) is 5.69 Å². The van der Waals surface area contributed by atoms with Crippen LogP contribution in [0.5, 0.6) is 0 Å². The molecular formula is C15H25N3. The predicted octanol–water partition coefficient (Wildman–Crippen LogP) is 2.92. The quantitative estimate of drug-likeness (QED) is 0.867. The van der Waals surface area contributed by atoms with Gasteiger partial charge >= 0.3 is 0 Å². The number of hydrogen-bond acceptors (Lipinski definition) is 3. The normalized spacial score (nSPS) is 18.6. The first-order valence-corrected chi connectivity index (χ1v) is 7.13. The van der Waals surface area contributed by atoms with Gasteiger partial charge in [0.1, 0.15) is 0 Å². The highest BCUT2D eigenvalue weighted by Crippen LogP contribution is 2.12. The summed E-state index contributed by atoms with van der Waals surface area (Å²) in [5.41, 5.74) is 2.26. The molecular weight excluding hydrogens is 222 g/mol. The van der Waals surface area contributed by atoms with Crippen LogP contribution in [-0.2, 0) is 0 Å². The summed E-state index contributed by atoms with van der Waals surface area (Å²) in [6.45, 7) is 9.20. The van der Waals surface area contributed by atoms with Crippen LogP contribution in [0.25, 0.3) is 0 Å². The van der Waals surface area contributed by atoms with Gasteiger partial charge < -0.3 is 10.2 Å². The van der Waals surface area contributed by atoms with Crippen molar-refractivity contribution < 1.29 is 0 Å². The lowest BCUT2D eigenvalue weighted by atomic mass is 10.1. The molecule has 1 aliphatic heterocycles. The fourth-order valence-electron chi connectivity index (χ4n) is 2.59. The van der Waals surface area contributed by atoms with E-state index in [1.807, 2.05) is 19.2 Å². The van der Waals surface area contributed by atoms with Gasteiger partial charge in [0.15, 0.2) is 0 Å². The van der Waals surface area contributed by atoms with Crippen molar-refractivity contribution in [3.05, 3.63) is 24.0 Å². The molecule has 1 saturated heterocycles. The van der Waals surface area contributed by atoms with Gasteiger partial charge in [-0.25, -0.2) is 0 Å². The lowest BCUT2D eigenvalue weighted by Gasteiger charge is -2.29. The van der Waals surface area contributed by atoms with Gasteiger partial charge in [-0.2, -0.15) is 0 Å². The Kier molecular flexibility index (Phi) is 5.00. The third-order valence-electron chi connectivity index (χ3n) is 3.57. The molecule has 0 aliphatic carbocycles. The van der Waals surface area contributed by atoms with Crippen molar-refractivity contribution in [1.82, 2.24) is 9.88 Å². The van der Waals surface area contributed by atoms with Gasteiger partial charge in [0, 0.05) is 30.7 Å². The maximum Gasteiger partial charge on any atom is 0.0393 e. The van der Waals surface area contributed by atoms with Crippen LogP contribution >= 0.6 is 0 Å². The predicted molar refractivity (Wildman–Crippen MR) is 76.9 cm³/mol. The van der Waals surface area contributed by atoms with E-state index >= 15 is 0 Å². The average Bonchev–Trinajstić information content (AvgIpc) is 2.38. The van der Waals surface area contributed by atoms with Crippen LogP contribution in [0, 0.1) is 12.8 Å². The van der Waals surface area contributed by atoms with Crippen molar-refractivity contribution in [1.29, 1.82) is 0 Å². The second kappa shape index (κ2) is 6.74. The molecule has 1 fully saturated rings. The summed E-state index contributed by atoms with van der Waals surface area (Å²) in [6.07, 6.45) is 6.04. The van der Waals surface area contributed by atoms with E-state index in [-0.39, 0.29) is 0 Å². The van der Waals surface area contributed by atoms with E-state index in [1.54, 1.807) is 0 Å². The number of aryl methyl sites for hydroxylation is 1. The number of hydrogen-bond donors (Lipinski definition) is 1. The van der Waals surface area contributed by atoms with Crippen molar-refractivity contribution in [2.24, 2.45) is 5.92 Å². The Morgan fingerprint density at radius 2 is 2.11 bits per heavy atom. The van der Waals surface area contributed by atoms with Crippen LogP contribution in [0.1, 0.15) is 31.9 Å². The SMILES string of the molecule is Cc1cc(NCC(C)CN2CCCCC2)ccn1. The van der Waals surface area contributed by atoms with Gasteiger partial charge in [-0.05, 0) is 50.9 Å². The molecule has 1 atom stereocenters. The minimum Gasteiger partial charge on any atom is -0.385 e. The molecule has 18 heavy (non-hydrogen) atoms. The zero-order valence-corrected chi connectivity index (χ0v) is 11.7. The number of piperidine rings is 1. The second-order valence-electron chi connectivity index (χ2n) is 5.53. The molecule has 1 aliphatic rings. The minimum atomic E-state index is 0.691. The van der Waals surface area contributed by atoms with Crippen LogP contribution in [0.2, 0.25) is 0 Å². The average molecular weight is 247 g/mol. The highest BCUT2D eigenvalue weighted by Gasteiger charge is 2.13. The summed E-state index contributed by atoms with van der Waals surface area (Å²) in [4.78, 5) is 6.82. The molecule has 1 aromatic heterocycles. The summed E-state index contributed by atoms with van der Waals surface area (Å²) in [7, 11) is 0. The van der Waals surface area contributed by atoms with Gasteiger partial charge in [0.05, 0.1) is 0 Å². The summed E-state index contributed by atoms with van der Waals surface area (Å²) < 4.78 is 0. The number of pyridine rings is 1. The van der Waals surface area contributed by atoms with Gasteiger partial charge in [0.25, 0.3) is 0 Å². The summed E-state index contributed by atoms with van der Waals surface area (Å²) in [5, 5.41) is 3.51. The van der Waals surface area contributed by atoms with E-state index in [1.165, 1.54) is 44.6 Å². The Morgan fingerprint density at radius 1 is 1.33 bits per heavy atom. The Balaban J connectivity index is 1.72. The maximum atomic E-state index is 4.21. The second-order valence-corrected chi connectivity index (χ2v) is 5.53.